The Labute approximate surface area is 102 Å². The van der Waals surface area contributed by atoms with Crippen molar-refractivity contribution in [3.63, 3.8) is 0 Å². The van der Waals surface area contributed by atoms with Gasteiger partial charge in [-0.1, -0.05) is 0 Å². The smallest absolute Gasteiger partial charge is 0.270 e. The van der Waals surface area contributed by atoms with Crippen LogP contribution in [0.1, 0.15) is 34.6 Å². The summed E-state index contributed by atoms with van der Waals surface area (Å²) >= 11 is 0. The first-order valence-electron chi connectivity index (χ1n) is 6.24. The summed E-state index contributed by atoms with van der Waals surface area (Å²) in [4.78, 5) is 17.5. The molecule has 0 aromatic carbocycles. The first-order chi connectivity index (χ1) is 8.11. The highest BCUT2D eigenvalue weighted by molar-refractivity contribution is 5.94. The third-order valence-electron chi connectivity index (χ3n) is 3.48. The zero-order valence-corrected chi connectivity index (χ0v) is 10.8. The number of aromatic amines is 1. The van der Waals surface area contributed by atoms with Crippen LogP contribution in [0.4, 0.5) is 0 Å². The van der Waals surface area contributed by atoms with Gasteiger partial charge in [0.1, 0.15) is 5.69 Å². The quantitative estimate of drug-likeness (QED) is 0.815. The number of nitrogens with one attached hydrogen (secondary N) is 2. The largest absolute Gasteiger partial charge is 0.354 e. The van der Waals surface area contributed by atoms with Crippen LogP contribution in [-0.2, 0) is 0 Å². The Balaban J connectivity index is 2.12. The molecule has 1 atom stereocenters. The number of amides is 1. The summed E-state index contributed by atoms with van der Waals surface area (Å²) < 4.78 is 0. The lowest BCUT2D eigenvalue weighted by Crippen LogP contribution is -2.47. The van der Waals surface area contributed by atoms with E-state index in [-0.39, 0.29) is 5.91 Å². The number of carbonyl (C=O) groups excluding carboxylic acids is 1. The first-order valence-corrected chi connectivity index (χ1v) is 6.24. The maximum Gasteiger partial charge on any atom is 0.270 e. The van der Waals surface area contributed by atoms with Crippen LogP contribution >= 0.6 is 0 Å². The minimum Gasteiger partial charge on any atom is -0.354 e. The summed E-state index contributed by atoms with van der Waals surface area (Å²) in [6, 6.07) is 2.45. The van der Waals surface area contributed by atoms with Crippen molar-refractivity contribution in [1.29, 1.82) is 0 Å². The minimum absolute atomic E-state index is 0.135. The molecule has 4 nitrogen and oxygen atoms in total. The highest BCUT2D eigenvalue weighted by atomic mass is 16.2. The van der Waals surface area contributed by atoms with Crippen molar-refractivity contribution < 1.29 is 4.79 Å². The number of aromatic nitrogens is 1. The molecule has 1 amide bonds. The van der Waals surface area contributed by atoms with Gasteiger partial charge in [-0.15, -0.1) is 0 Å². The van der Waals surface area contributed by atoms with Gasteiger partial charge < -0.3 is 15.2 Å². The zero-order chi connectivity index (χ0) is 12.4. The van der Waals surface area contributed by atoms with Gasteiger partial charge in [0.2, 0.25) is 0 Å². The van der Waals surface area contributed by atoms with E-state index in [1.54, 1.807) is 0 Å². The zero-order valence-electron chi connectivity index (χ0n) is 10.8. The lowest BCUT2D eigenvalue weighted by atomic mass is 10.1. The van der Waals surface area contributed by atoms with Crippen LogP contribution in [0.15, 0.2) is 6.07 Å². The van der Waals surface area contributed by atoms with E-state index in [4.69, 9.17) is 0 Å². The molecule has 1 aromatic rings. The number of carbonyl (C=O) groups is 1. The third kappa shape index (κ3) is 2.52. The molecule has 2 heterocycles. The van der Waals surface area contributed by atoms with Gasteiger partial charge in [-0.2, -0.15) is 0 Å². The number of likely N-dealkylation sites (tertiary alicyclic amines) is 1. The van der Waals surface area contributed by atoms with Crippen molar-refractivity contribution in [2.45, 2.75) is 32.7 Å². The molecule has 0 saturated carbocycles. The van der Waals surface area contributed by atoms with E-state index in [9.17, 15) is 4.79 Å². The molecule has 1 aliphatic heterocycles. The fourth-order valence-electron chi connectivity index (χ4n) is 2.51. The lowest BCUT2D eigenvalue weighted by molar-refractivity contribution is 0.0692. The third-order valence-corrected chi connectivity index (χ3v) is 3.48. The number of likely N-dealkylation sites (N-methyl/N-ethyl adjacent to an activating group) is 1. The fourth-order valence-corrected chi connectivity index (χ4v) is 2.51. The molecule has 2 rings (SSSR count). The van der Waals surface area contributed by atoms with Crippen molar-refractivity contribution in [2.75, 3.05) is 20.1 Å². The number of hydrogen-bond donors (Lipinski definition) is 2. The average Bonchev–Trinajstić information content (AvgIpc) is 2.67. The van der Waals surface area contributed by atoms with Gasteiger partial charge >= 0.3 is 0 Å². The van der Waals surface area contributed by atoms with Crippen molar-refractivity contribution in [3.05, 3.63) is 23.0 Å². The summed E-state index contributed by atoms with van der Waals surface area (Å²) in [6.45, 7) is 5.65. The van der Waals surface area contributed by atoms with Gasteiger partial charge in [0.15, 0.2) is 0 Å². The predicted molar refractivity (Wildman–Crippen MR) is 68.3 cm³/mol. The summed E-state index contributed by atoms with van der Waals surface area (Å²) in [5, 5.41) is 3.26. The second kappa shape index (κ2) is 4.92. The molecular formula is C13H21N3O. The van der Waals surface area contributed by atoms with Gasteiger partial charge in [0.05, 0.1) is 0 Å². The lowest BCUT2D eigenvalue weighted by Gasteiger charge is -2.32. The van der Waals surface area contributed by atoms with Crippen LogP contribution in [0.25, 0.3) is 0 Å². The van der Waals surface area contributed by atoms with Crippen LogP contribution in [0.3, 0.4) is 0 Å². The van der Waals surface area contributed by atoms with Crippen LogP contribution in [0.5, 0.6) is 0 Å². The number of rotatable bonds is 2. The highest BCUT2D eigenvalue weighted by Gasteiger charge is 2.25. The first kappa shape index (κ1) is 12.2. The summed E-state index contributed by atoms with van der Waals surface area (Å²) in [7, 11) is 1.96. The molecule has 1 aliphatic rings. The van der Waals surface area contributed by atoms with Crippen LogP contribution in [0, 0.1) is 13.8 Å². The van der Waals surface area contributed by atoms with Crippen molar-refractivity contribution in [3.8, 4) is 0 Å². The maximum atomic E-state index is 12.4. The van der Waals surface area contributed by atoms with E-state index < -0.39 is 0 Å². The number of aryl methyl sites for hydroxylation is 2. The molecule has 17 heavy (non-hydrogen) atoms. The second-order valence-electron chi connectivity index (χ2n) is 4.89. The Kier molecular flexibility index (Phi) is 3.52. The van der Waals surface area contributed by atoms with Gasteiger partial charge in [-0.05, 0) is 45.4 Å². The highest BCUT2D eigenvalue weighted by Crippen LogP contribution is 2.16. The summed E-state index contributed by atoms with van der Waals surface area (Å²) in [5.41, 5.74) is 2.84. The van der Waals surface area contributed by atoms with Crippen molar-refractivity contribution in [2.24, 2.45) is 0 Å². The monoisotopic (exact) mass is 235 g/mol. The van der Waals surface area contributed by atoms with Crippen LogP contribution in [0.2, 0.25) is 0 Å². The molecule has 4 heteroatoms. The van der Waals surface area contributed by atoms with E-state index in [2.05, 4.69) is 10.3 Å². The Morgan fingerprint density at radius 3 is 2.88 bits per heavy atom. The van der Waals surface area contributed by atoms with E-state index in [0.29, 0.717) is 6.04 Å². The molecule has 2 N–H and O–H groups in total. The predicted octanol–water partition coefficient (Wildman–Crippen LogP) is 1.46. The Morgan fingerprint density at radius 1 is 1.53 bits per heavy atom. The van der Waals surface area contributed by atoms with E-state index in [1.165, 1.54) is 0 Å². The van der Waals surface area contributed by atoms with Gasteiger partial charge in [0.25, 0.3) is 5.91 Å². The van der Waals surface area contributed by atoms with Crippen LogP contribution < -0.4 is 5.32 Å². The Morgan fingerprint density at radius 2 is 2.29 bits per heavy atom. The normalized spacial score (nSPS) is 20.6. The summed E-state index contributed by atoms with van der Waals surface area (Å²) in [5.74, 6) is 0.135. The summed E-state index contributed by atoms with van der Waals surface area (Å²) in [6.07, 6.45) is 2.24. The molecule has 1 fully saturated rings. The van der Waals surface area contributed by atoms with E-state index in [0.717, 1.165) is 42.9 Å². The van der Waals surface area contributed by atoms with Gasteiger partial charge in [-0.3, -0.25) is 4.79 Å². The number of nitrogens with zero attached hydrogens (tertiary/aromatic N) is 1. The molecule has 0 bridgehead atoms. The molecule has 0 aliphatic carbocycles. The topological polar surface area (TPSA) is 48.1 Å². The van der Waals surface area contributed by atoms with Gasteiger partial charge in [-0.25, -0.2) is 0 Å². The van der Waals surface area contributed by atoms with E-state index >= 15 is 0 Å². The minimum atomic E-state index is 0.135. The Bertz CT molecular complexity index is 411. The molecule has 0 spiro atoms. The number of piperidine rings is 1. The van der Waals surface area contributed by atoms with Crippen molar-refractivity contribution >= 4 is 5.91 Å². The second-order valence-corrected chi connectivity index (χ2v) is 4.89. The molecule has 1 aromatic heterocycles. The molecular weight excluding hydrogens is 214 g/mol. The van der Waals surface area contributed by atoms with Crippen molar-refractivity contribution in [1.82, 2.24) is 15.2 Å². The average molecular weight is 235 g/mol. The fraction of sp³-hybridized carbons (Fsp3) is 0.615. The molecule has 0 radical (unpaired) electrons. The molecule has 1 saturated heterocycles. The molecule has 0 unspecified atom stereocenters. The van der Waals surface area contributed by atoms with E-state index in [1.807, 2.05) is 31.9 Å². The van der Waals surface area contributed by atoms with Crippen LogP contribution in [-0.4, -0.2) is 42.0 Å². The van der Waals surface area contributed by atoms with Gasteiger partial charge in [0, 0.05) is 24.8 Å². The number of hydrogen-bond acceptors (Lipinski definition) is 2. The standard InChI is InChI=1S/C13H21N3O/c1-9-7-10(2)15-12(9)13(17)16-6-4-5-11(8-16)14-3/h7,11,14-15H,4-6,8H2,1-3H3/t11-/m1/s1. The number of H-pyrrole nitrogens is 1. The molecule has 94 valence electrons. The SMILES string of the molecule is CN[C@@H]1CCCN(C(=O)c2[nH]c(C)cc2C)C1. The maximum absolute atomic E-state index is 12.4. The Hall–Kier alpha value is -1.29.